The molecule has 1 amide bonds. The van der Waals surface area contributed by atoms with Crippen LogP contribution in [-0.2, 0) is 4.74 Å². The molecule has 19 heavy (non-hydrogen) atoms. The van der Waals surface area contributed by atoms with Gasteiger partial charge in [0, 0.05) is 12.6 Å². The lowest BCUT2D eigenvalue weighted by Gasteiger charge is -2.16. The van der Waals surface area contributed by atoms with Gasteiger partial charge in [0.25, 0.3) is 5.91 Å². The maximum atomic E-state index is 11.7. The first-order chi connectivity index (χ1) is 8.99. The SMILES string of the molecule is CCC(C)C(O)CNC(=O)c1cc(C(=O)OC)on1. The number of aromatic nitrogens is 1. The molecule has 0 fully saturated rings. The zero-order chi connectivity index (χ0) is 14.4. The fourth-order valence-electron chi connectivity index (χ4n) is 1.34. The fraction of sp³-hybridized carbons (Fsp3) is 0.583. The summed E-state index contributed by atoms with van der Waals surface area (Å²) in [5.41, 5.74) is -0.0308. The largest absolute Gasteiger partial charge is 0.463 e. The number of hydrogen-bond acceptors (Lipinski definition) is 6. The van der Waals surface area contributed by atoms with E-state index in [1.807, 2.05) is 13.8 Å². The summed E-state index contributed by atoms with van der Waals surface area (Å²) >= 11 is 0. The monoisotopic (exact) mass is 270 g/mol. The van der Waals surface area contributed by atoms with Gasteiger partial charge < -0.3 is 19.7 Å². The van der Waals surface area contributed by atoms with Gasteiger partial charge in [-0.15, -0.1) is 0 Å². The summed E-state index contributed by atoms with van der Waals surface area (Å²) < 4.78 is 9.10. The van der Waals surface area contributed by atoms with Crippen molar-refractivity contribution in [2.75, 3.05) is 13.7 Å². The lowest BCUT2D eigenvalue weighted by atomic mass is 10.0. The number of carbonyl (C=O) groups is 2. The highest BCUT2D eigenvalue weighted by molar-refractivity contribution is 5.95. The van der Waals surface area contributed by atoms with E-state index in [4.69, 9.17) is 0 Å². The standard InChI is InChI=1S/C12H18N2O5/c1-4-7(2)9(15)6-13-11(16)8-5-10(19-14-8)12(17)18-3/h5,7,9,15H,4,6H2,1-3H3,(H,13,16). The third-order valence-corrected chi connectivity index (χ3v) is 2.90. The minimum Gasteiger partial charge on any atom is -0.463 e. The lowest BCUT2D eigenvalue weighted by Crippen LogP contribution is -2.35. The van der Waals surface area contributed by atoms with Crippen molar-refractivity contribution in [1.29, 1.82) is 0 Å². The molecule has 0 bridgehead atoms. The molecule has 106 valence electrons. The van der Waals surface area contributed by atoms with Gasteiger partial charge in [0.15, 0.2) is 5.69 Å². The normalized spacial score (nSPS) is 13.7. The van der Waals surface area contributed by atoms with Gasteiger partial charge in [-0.2, -0.15) is 0 Å². The van der Waals surface area contributed by atoms with E-state index in [1.165, 1.54) is 13.2 Å². The van der Waals surface area contributed by atoms with E-state index in [9.17, 15) is 14.7 Å². The minimum absolute atomic E-state index is 0.0308. The molecule has 1 aromatic rings. The second kappa shape index (κ2) is 6.89. The molecule has 2 atom stereocenters. The molecule has 2 unspecified atom stereocenters. The van der Waals surface area contributed by atoms with Crippen LogP contribution in [0.25, 0.3) is 0 Å². The molecule has 1 heterocycles. The second-order valence-corrected chi connectivity index (χ2v) is 4.23. The Kier molecular flexibility index (Phi) is 5.50. The van der Waals surface area contributed by atoms with E-state index in [1.54, 1.807) is 0 Å². The highest BCUT2D eigenvalue weighted by Gasteiger charge is 2.19. The van der Waals surface area contributed by atoms with E-state index in [2.05, 4.69) is 19.7 Å². The lowest BCUT2D eigenvalue weighted by molar-refractivity contribution is 0.0554. The van der Waals surface area contributed by atoms with Crippen LogP contribution in [0.4, 0.5) is 0 Å². The average molecular weight is 270 g/mol. The van der Waals surface area contributed by atoms with Gasteiger partial charge in [-0.1, -0.05) is 25.4 Å². The van der Waals surface area contributed by atoms with Crippen molar-refractivity contribution in [3.8, 4) is 0 Å². The number of rotatable bonds is 6. The van der Waals surface area contributed by atoms with Gasteiger partial charge >= 0.3 is 5.97 Å². The van der Waals surface area contributed by atoms with Crippen molar-refractivity contribution in [3.05, 3.63) is 17.5 Å². The number of ether oxygens (including phenoxy) is 1. The Morgan fingerprint density at radius 2 is 2.26 bits per heavy atom. The predicted octanol–water partition coefficient (Wildman–Crippen LogP) is 0.598. The molecule has 7 heteroatoms. The molecule has 0 aromatic carbocycles. The number of nitrogens with one attached hydrogen (secondary N) is 1. The first kappa shape index (κ1) is 15.2. The molecule has 0 aliphatic rings. The van der Waals surface area contributed by atoms with Crippen molar-refractivity contribution in [1.82, 2.24) is 10.5 Å². The Hall–Kier alpha value is -1.89. The summed E-state index contributed by atoms with van der Waals surface area (Å²) in [6.45, 7) is 3.96. The number of aliphatic hydroxyl groups excluding tert-OH is 1. The molecule has 0 radical (unpaired) electrons. The molecular formula is C12H18N2O5. The van der Waals surface area contributed by atoms with Crippen LogP contribution >= 0.6 is 0 Å². The number of carbonyl (C=O) groups excluding carboxylic acids is 2. The molecular weight excluding hydrogens is 252 g/mol. The van der Waals surface area contributed by atoms with Gasteiger partial charge in [-0.3, -0.25) is 4.79 Å². The number of hydrogen-bond donors (Lipinski definition) is 2. The Morgan fingerprint density at radius 1 is 1.58 bits per heavy atom. The third kappa shape index (κ3) is 4.06. The van der Waals surface area contributed by atoms with Gasteiger partial charge in [0.1, 0.15) is 0 Å². The number of methoxy groups -OCH3 is 1. The van der Waals surface area contributed by atoms with Crippen molar-refractivity contribution >= 4 is 11.9 Å². The van der Waals surface area contributed by atoms with E-state index < -0.39 is 18.0 Å². The number of esters is 1. The Morgan fingerprint density at radius 3 is 2.84 bits per heavy atom. The highest BCUT2D eigenvalue weighted by atomic mass is 16.5. The minimum atomic E-state index is -0.703. The second-order valence-electron chi connectivity index (χ2n) is 4.23. The van der Waals surface area contributed by atoms with E-state index >= 15 is 0 Å². The van der Waals surface area contributed by atoms with Crippen molar-refractivity contribution in [3.63, 3.8) is 0 Å². The summed E-state index contributed by atoms with van der Waals surface area (Å²) in [7, 11) is 1.20. The summed E-state index contributed by atoms with van der Waals surface area (Å²) in [5, 5.41) is 15.7. The van der Waals surface area contributed by atoms with Gasteiger partial charge in [-0.25, -0.2) is 4.79 Å². The smallest absolute Gasteiger partial charge is 0.376 e. The molecule has 0 saturated carbocycles. The van der Waals surface area contributed by atoms with Gasteiger partial charge in [0.2, 0.25) is 5.76 Å². The molecule has 0 saturated heterocycles. The van der Waals surface area contributed by atoms with Crippen LogP contribution in [0.3, 0.4) is 0 Å². The quantitative estimate of drug-likeness (QED) is 0.734. The van der Waals surface area contributed by atoms with Crippen LogP contribution in [0.1, 0.15) is 41.3 Å². The molecule has 1 rings (SSSR count). The maximum absolute atomic E-state index is 11.7. The summed E-state index contributed by atoms with van der Waals surface area (Å²) in [6, 6.07) is 1.19. The van der Waals surface area contributed by atoms with Crippen molar-refractivity contribution in [2.24, 2.45) is 5.92 Å². The van der Waals surface area contributed by atoms with E-state index in [0.717, 1.165) is 6.42 Å². The Labute approximate surface area is 110 Å². The van der Waals surface area contributed by atoms with E-state index in [0.29, 0.717) is 0 Å². The number of aliphatic hydroxyl groups is 1. The molecule has 0 spiro atoms. The predicted molar refractivity (Wildman–Crippen MR) is 65.6 cm³/mol. The number of amides is 1. The van der Waals surface area contributed by atoms with Gasteiger partial charge in [-0.05, 0) is 5.92 Å². The van der Waals surface area contributed by atoms with Crippen LogP contribution in [-0.4, -0.2) is 41.9 Å². The van der Waals surface area contributed by atoms with Crippen LogP contribution in [0.5, 0.6) is 0 Å². The van der Waals surface area contributed by atoms with Crippen LogP contribution in [0.2, 0.25) is 0 Å². The summed E-state index contributed by atoms with van der Waals surface area (Å²) in [4.78, 5) is 22.8. The summed E-state index contributed by atoms with van der Waals surface area (Å²) in [6.07, 6.45) is 0.189. The van der Waals surface area contributed by atoms with Crippen LogP contribution in [0.15, 0.2) is 10.6 Å². The average Bonchev–Trinajstić information content (AvgIpc) is 2.92. The van der Waals surface area contributed by atoms with E-state index in [-0.39, 0.29) is 23.9 Å². The van der Waals surface area contributed by atoms with Crippen molar-refractivity contribution < 1.29 is 24.0 Å². The maximum Gasteiger partial charge on any atom is 0.376 e. The van der Waals surface area contributed by atoms with Crippen LogP contribution < -0.4 is 5.32 Å². The third-order valence-electron chi connectivity index (χ3n) is 2.90. The molecule has 2 N–H and O–H groups in total. The fourth-order valence-corrected chi connectivity index (χ4v) is 1.34. The topological polar surface area (TPSA) is 102 Å². The van der Waals surface area contributed by atoms with Gasteiger partial charge in [0.05, 0.1) is 13.2 Å². The van der Waals surface area contributed by atoms with Crippen LogP contribution in [0, 0.1) is 5.92 Å². The zero-order valence-electron chi connectivity index (χ0n) is 11.2. The molecule has 1 aromatic heterocycles. The first-order valence-electron chi connectivity index (χ1n) is 6.00. The molecule has 0 aliphatic carbocycles. The molecule has 0 aliphatic heterocycles. The highest BCUT2D eigenvalue weighted by Crippen LogP contribution is 2.07. The first-order valence-corrected chi connectivity index (χ1v) is 6.00. The molecule has 7 nitrogen and oxygen atoms in total. The Balaban J connectivity index is 2.54. The van der Waals surface area contributed by atoms with Crippen molar-refractivity contribution in [2.45, 2.75) is 26.4 Å². The number of nitrogens with zero attached hydrogens (tertiary/aromatic N) is 1. The Bertz CT molecular complexity index is 443. The zero-order valence-corrected chi connectivity index (χ0v) is 11.2. The summed E-state index contributed by atoms with van der Waals surface area (Å²) in [5.74, 6) is -1.27.